The summed E-state index contributed by atoms with van der Waals surface area (Å²) >= 11 is 5.59. The Morgan fingerprint density at radius 2 is 1.88 bits per heavy atom. The number of aromatic amines is 1. The zero-order valence-electron chi connectivity index (χ0n) is 16.7. The number of ketones is 1. The van der Waals surface area contributed by atoms with E-state index in [0.29, 0.717) is 22.7 Å². The molecule has 0 unspecified atom stereocenters. The highest BCUT2D eigenvalue weighted by molar-refractivity contribution is 7.92. The molecule has 2 N–H and O–H groups in total. The van der Waals surface area contributed by atoms with Crippen LogP contribution in [0.5, 0.6) is 0 Å². The largest absolute Gasteiger partial charge is 0.417 e. The van der Waals surface area contributed by atoms with Crippen molar-refractivity contribution in [1.82, 2.24) is 15.0 Å². The maximum absolute atomic E-state index is 13.2. The number of carbonyl (C=O) groups excluding carboxylic acids is 1. The zero-order valence-corrected chi connectivity index (χ0v) is 18.3. The van der Waals surface area contributed by atoms with Crippen LogP contribution in [-0.4, -0.2) is 29.2 Å². The van der Waals surface area contributed by atoms with E-state index in [-0.39, 0.29) is 16.9 Å². The second-order valence-corrected chi connectivity index (χ2v) is 9.17. The normalized spacial score (nSPS) is 12.2. The zero-order chi connectivity index (χ0) is 24.0. The monoisotopic (exact) mass is 494 g/mol. The first-order valence-electron chi connectivity index (χ1n) is 9.30. The van der Waals surface area contributed by atoms with E-state index in [4.69, 9.17) is 11.6 Å². The second-order valence-electron chi connectivity index (χ2n) is 7.08. The maximum atomic E-state index is 13.2. The number of anilines is 1. The highest BCUT2D eigenvalue weighted by Gasteiger charge is 2.34. The second kappa shape index (κ2) is 8.16. The number of sulfonamides is 1. The number of fused-ring (bicyclic) bond motifs is 1. The summed E-state index contributed by atoms with van der Waals surface area (Å²) in [6, 6.07) is 6.69. The Bertz CT molecular complexity index is 1500. The van der Waals surface area contributed by atoms with E-state index in [1.165, 1.54) is 24.5 Å². The lowest BCUT2D eigenvalue weighted by Gasteiger charge is -2.14. The van der Waals surface area contributed by atoms with E-state index in [2.05, 4.69) is 19.7 Å². The number of nitrogens with zero attached hydrogens (tertiary/aromatic N) is 2. The van der Waals surface area contributed by atoms with Crippen LogP contribution in [0.15, 0.2) is 59.9 Å². The molecule has 0 aliphatic heterocycles. The van der Waals surface area contributed by atoms with Gasteiger partial charge >= 0.3 is 6.18 Å². The van der Waals surface area contributed by atoms with Gasteiger partial charge in [0.1, 0.15) is 11.3 Å². The lowest BCUT2D eigenvalue weighted by Crippen LogP contribution is -2.18. The van der Waals surface area contributed by atoms with Crippen LogP contribution in [-0.2, 0) is 16.2 Å². The number of alkyl halides is 3. The fraction of sp³-hybridized carbons (Fsp3) is 0.0952. The molecule has 0 amide bonds. The van der Waals surface area contributed by atoms with Gasteiger partial charge in [-0.05, 0) is 48.9 Å². The number of aromatic nitrogens is 3. The first kappa shape index (κ1) is 22.7. The standard InChI is InChI=1S/C21H14ClF3N4O3S/c1-11-8-17(29-33(31,32)12-2-3-16(22)15(9-12)21(23,24)25)18(28-10-11)19(30)13-4-6-26-20-14(13)5-7-27-20/h2-10,29H,1H3,(H,26,27). The lowest BCUT2D eigenvalue weighted by molar-refractivity contribution is -0.137. The third-order valence-corrected chi connectivity index (χ3v) is 6.43. The quantitative estimate of drug-likeness (QED) is 0.381. The number of pyridine rings is 2. The molecule has 170 valence electrons. The van der Waals surface area contributed by atoms with Gasteiger partial charge in [-0.3, -0.25) is 14.5 Å². The minimum Gasteiger partial charge on any atom is -0.346 e. The third-order valence-electron chi connectivity index (χ3n) is 4.74. The molecule has 0 aliphatic rings. The Hall–Kier alpha value is -3.44. The number of H-pyrrole nitrogens is 1. The van der Waals surface area contributed by atoms with E-state index in [1.54, 1.807) is 19.2 Å². The molecule has 0 saturated carbocycles. The SMILES string of the molecule is Cc1cnc(C(=O)c2ccnc3[nH]ccc23)c(NS(=O)(=O)c2ccc(Cl)c(C(F)(F)F)c2)c1. The third kappa shape index (κ3) is 4.41. The molecular weight excluding hydrogens is 481 g/mol. The molecule has 12 heteroatoms. The van der Waals surface area contributed by atoms with Crippen LogP contribution in [0.3, 0.4) is 0 Å². The first-order chi connectivity index (χ1) is 15.5. The van der Waals surface area contributed by atoms with Gasteiger partial charge in [0.15, 0.2) is 0 Å². The van der Waals surface area contributed by atoms with Crippen molar-refractivity contribution in [2.75, 3.05) is 4.72 Å². The van der Waals surface area contributed by atoms with Crippen molar-refractivity contribution in [3.05, 3.63) is 82.4 Å². The summed E-state index contributed by atoms with van der Waals surface area (Å²) in [7, 11) is -4.52. The summed E-state index contributed by atoms with van der Waals surface area (Å²) in [6.07, 6.45) is -0.460. The number of nitrogens with one attached hydrogen (secondary N) is 2. The van der Waals surface area contributed by atoms with Crippen LogP contribution >= 0.6 is 11.6 Å². The molecule has 4 aromatic rings. The van der Waals surface area contributed by atoms with E-state index in [0.717, 1.165) is 12.1 Å². The van der Waals surface area contributed by atoms with Gasteiger partial charge < -0.3 is 4.98 Å². The van der Waals surface area contributed by atoms with Gasteiger partial charge in [-0.25, -0.2) is 13.4 Å². The predicted octanol–water partition coefficient (Wildman–Crippen LogP) is 4.97. The van der Waals surface area contributed by atoms with Crippen LogP contribution in [0.1, 0.15) is 27.2 Å². The number of hydrogen-bond donors (Lipinski definition) is 2. The number of benzene rings is 1. The van der Waals surface area contributed by atoms with Gasteiger partial charge in [0.25, 0.3) is 10.0 Å². The summed E-state index contributed by atoms with van der Waals surface area (Å²) in [5.74, 6) is -0.591. The van der Waals surface area contributed by atoms with E-state index in [1.807, 2.05) is 0 Å². The van der Waals surface area contributed by atoms with Crippen LogP contribution in [0.2, 0.25) is 5.02 Å². The van der Waals surface area contributed by atoms with Gasteiger partial charge in [-0.2, -0.15) is 13.2 Å². The Labute approximate surface area is 190 Å². The van der Waals surface area contributed by atoms with Crippen molar-refractivity contribution in [1.29, 1.82) is 0 Å². The van der Waals surface area contributed by atoms with E-state index < -0.39 is 37.5 Å². The molecule has 1 aromatic carbocycles. The molecule has 0 spiro atoms. The molecule has 4 rings (SSSR count). The maximum Gasteiger partial charge on any atom is 0.417 e. The van der Waals surface area contributed by atoms with Crippen molar-refractivity contribution in [2.24, 2.45) is 0 Å². The van der Waals surface area contributed by atoms with Gasteiger partial charge in [-0.1, -0.05) is 11.6 Å². The van der Waals surface area contributed by atoms with Crippen molar-refractivity contribution in [3.63, 3.8) is 0 Å². The van der Waals surface area contributed by atoms with Gasteiger partial charge in [0, 0.05) is 29.5 Å². The van der Waals surface area contributed by atoms with Crippen molar-refractivity contribution >= 4 is 44.1 Å². The minimum atomic E-state index is -4.85. The summed E-state index contributed by atoms with van der Waals surface area (Å²) in [5.41, 5.74) is -0.484. The molecule has 0 aliphatic carbocycles. The number of hydrogen-bond acceptors (Lipinski definition) is 5. The Morgan fingerprint density at radius 3 is 2.61 bits per heavy atom. The Balaban J connectivity index is 1.78. The summed E-state index contributed by atoms with van der Waals surface area (Å²) in [5, 5.41) is -0.131. The molecule has 3 heterocycles. The minimum absolute atomic E-state index is 0.177. The van der Waals surface area contributed by atoms with E-state index >= 15 is 0 Å². The summed E-state index contributed by atoms with van der Waals surface area (Å²) in [4.78, 5) is 23.6. The van der Waals surface area contributed by atoms with Crippen molar-refractivity contribution in [3.8, 4) is 0 Å². The summed E-state index contributed by atoms with van der Waals surface area (Å²) < 4.78 is 67.6. The molecule has 0 fully saturated rings. The average molecular weight is 495 g/mol. The van der Waals surface area contributed by atoms with Crippen LogP contribution in [0, 0.1) is 6.92 Å². The van der Waals surface area contributed by atoms with Gasteiger partial charge in [-0.15, -0.1) is 0 Å². The molecule has 0 atom stereocenters. The van der Waals surface area contributed by atoms with E-state index in [9.17, 15) is 26.4 Å². The van der Waals surface area contributed by atoms with Crippen molar-refractivity contribution in [2.45, 2.75) is 18.0 Å². The Morgan fingerprint density at radius 1 is 1.12 bits per heavy atom. The van der Waals surface area contributed by atoms with Crippen LogP contribution in [0.4, 0.5) is 18.9 Å². The van der Waals surface area contributed by atoms with Crippen LogP contribution in [0.25, 0.3) is 11.0 Å². The molecule has 33 heavy (non-hydrogen) atoms. The number of aryl methyl sites for hydroxylation is 1. The number of halogens is 4. The predicted molar refractivity (Wildman–Crippen MR) is 116 cm³/mol. The smallest absolute Gasteiger partial charge is 0.346 e. The highest BCUT2D eigenvalue weighted by atomic mass is 35.5. The fourth-order valence-corrected chi connectivity index (χ4v) is 4.51. The highest BCUT2D eigenvalue weighted by Crippen LogP contribution is 2.36. The topological polar surface area (TPSA) is 105 Å². The van der Waals surface area contributed by atoms with Crippen molar-refractivity contribution < 1.29 is 26.4 Å². The number of carbonyl (C=O) groups is 1. The molecule has 3 aromatic heterocycles. The van der Waals surface area contributed by atoms with Gasteiger partial charge in [0.05, 0.1) is 21.2 Å². The lowest BCUT2D eigenvalue weighted by atomic mass is 10.0. The fourth-order valence-electron chi connectivity index (χ4n) is 3.21. The molecule has 0 radical (unpaired) electrons. The first-order valence-corrected chi connectivity index (χ1v) is 11.2. The number of rotatable bonds is 5. The average Bonchev–Trinajstić information content (AvgIpc) is 3.21. The molecular formula is C21H14ClF3N4O3S. The summed E-state index contributed by atoms with van der Waals surface area (Å²) in [6.45, 7) is 1.62. The molecule has 7 nitrogen and oxygen atoms in total. The molecule has 0 saturated heterocycles. The van der Waals surface area contributed by atoms with Crippen LogP contribution < -0.4 is 4.72 Å². The van der Waals surface area contributed by atoms with Gasteiger partial charge in [0.2, 0.25) is 5.78 Å². The Kier molecular flexibility index (Phi) is 5.62. The molecule has 0 bridgehead atoms.